The van der Waals surface area contributed by atoms with Crippen molar-refractivity contribution in [1.29, 1.82) is 5.26 Å². The molecule has 2 heterocycles. The van der Waals surface area contributed by atoms with Crippen molar-refractivity contribution in [2.75, 3.05) is 0 Å². The van der Waals surface area contributed by atoms with Gasteiger partial charge in [0.05, 0.1) is 16.8 Å². The average molecular weight is 579 g/mol. The number of nitrogens with zero attached hydrogens (tertiary/aromatic N) is 5. The van der Waals surface area contributed by atoms with E-state index in [1.165, 1.54) is 29.2 Å². The van der Waals surface area contributed by atoms with Gasteiger partial charge in [0.1, 0.15) is 17.2 Å². The Hall–Kier alpha value is -3.49. The van der Waals surface area contributed by atoms with Crippen LogP contribution in [-0.2, 0) is 29.8 Å². The Balaban J connectivity index is 0.00000400. The number of amides is 2. The van der Waals surface area contributed by atoms with Crippen molar-refractivity contribution in [3.8, 4) is 11.9 Å². The summed E-state index contributed by atoms with van der Waals surface area (Å²) >= 11 is 0. The van der Waals surface area contributed by atoms with Crippen LogP contribution in [-0.4, -0.2) is 32.4 Å². The number of carbonyl (C=O) groups excluding carboxylic acids is 2. The van der Waals surface area contributed by atoms with Crippen LogP contribution in [0.25, 0.3) is 0 Å². The van der Waals surface area contributed by atoms with Crippen molar-refractivity contribution in [3.05, 3.63) is 50.8 Å². The Labute approximate surface area is 226 Å². The number of rotatable bonds is 5. The summed E-state index contributed by atoms with van der Waals surface area (Å²) in [5, 5.41) is 27.0. The normalized spacial score (nSPS) is 16.2. The Bertz CT molecular complexity index is 1410. The number of imide groups is 1. The molecule has 38 heavy (non-hydrogen) atoms. The van der Waals surface area contributed by atoms with E-state index < -0.39 is 46.2 Å². The van der Waals surface area contributed by atoms with Gasteiger partial charge in [0, 0.05) is 12.6 Å². The summed E-state index contributed by atoms with van der Waals surface area (Å²) in [7, 11) is 0. The van der Waals surface area contributed by atoms with Crippen LogP contribution in [0, 0.1) is 17.2 Å². The van der Waals surface area contributed by atoms with Crippen LogP contribution >= 0.6 is 0 Å². The van der Waals surface area contributed by atoms with E-state index in [0.29, 0.717) is 17.4 Å². The minimum absolute atomic E-state index is 0. The quantitative estimate of drug-likeness (QED) is 0.287. The van der Waals surface area contributed by atoms with Crippen molar-refractivity contribution in [1.82, 2.24) is 9.47 Å². The van der Waals surface area contributed by atoms with Crippen LogP contribution in [0.5, 0.6) is 5.88 Å². The standard InChI is InChI=1S/C25H24F3N5O4.Cu/c1-13(2)12-32-21(34)16(11-29)19(25(26,27)28)20(24(32)37)31-30-17-10-6-9-15-18(17)23(36)33(22(15)35)14-7-4-3-5-8-14;/h6,9-10,13-14,34H,3-5,7-8,12H2,1-2H3;/q;+2. The molecule has 1 N–H and O–H groups in total. The van der Waals surface area contributed by atoms with E-state index >= 15 is 0 Å². The minimum atomic E-state index is -5.21. The van der Waals surface area contributed by atoms with Crippen molar-refractivity contribution >= 4 is 23.2 Å². The van der Waals surface area contributed by atoms with Crippen LogP contribution < -0.4 is 5.56 Å². The van der Waals surface area contributed by atoms with Gasteiger partial charge in [-0.05, 0) is 30.9 Å². The molecule has 0 unspecified atom stereocenters. The second-order valence-electron chi connectivity index (χ2n) is 9.51. The first-order chi connectivity index (χ1) is 17.5. The number of benzene rings is 1. The van der Waals surface area contributed by atoms with Gasteiger partial charge in [0.25, 0.3) is 17.4 Å². The first-order valence-corrected chi connectivity index (χ1v) is 11.9. The molecule has 1 aliphatic carbocycles. The van der Waals surface area contributed by atoms with Crippen molar-refractivity contribution in [3.63, 3.8) is 0 Å². The maximum Gasteiger partial charge on any atom is 2.00 e. The molecule has 0 spiro atoms. The zero-order valence-corrected chi connectivity index (χ0v) is 21.4. The predicted molar refractivity (Wildman–Crippen MR) is 125 cm³/mol. The Morgan fingerprint density at radius 2 is 1.76 bits per heavy atom. The minimum Gasteiger partial charge on any atom is -0.493 e. The molecule has 2 aromatic rings. The first-order valence-electron chi connectivity index (χ1n) is 11.9. The van der Waals surface area contributed by atoms with E-state index in [0.717, 1.165) is 19.3 Å². The molecule has 2 aliphatic rings. The molecule has 1 saturated carbocycles. The van der Waals surface area contributed by atoms with E-state index in [-0.39, 0.29) is 52.4 Å². The molecule has 13 heteroatoms. The average Bonchev–Trinajstić information content (AvgIpc) is 3.11. The SMILES string of the molecule is CC(C)Cn1c(O)c(C#N)c(C(F)(F)F)c(N=Nc2cccc3c2C(=O)N(C2CCCCC2)C3=O)c1=O.[Cu+2]. The van der Waals surface area contributed by atoms with E-state index in [4.69, 9.17) is 0 Å². The number of aromatic nitrogens is 1. The number of halogens is 3. The zero-order valence-electron chi connectivity index (χ0n) is 20.5. The maximum atomic E-state index is 13.9. The largest absolute Gasteiger partial charge is 2.00 e. The number of hydrogen-bond acceptors (Lipinski definition) is 7. The van der Waals surface area contributed by atoms with Crippen LogP contribution in [0.3, 0.4) is 0 Å². The van der Waals surface area contributed by atoms with E-state index in [1.807, 2.05) is 0 Å². The summed E-state index contributed by atoms with van der Waals surface area (Å²) in [4.78, 5) is 40.4. The van der Waals surface area contributed by atoms with E-state index in [1.54, 1.807) is 13.8 Å². The fourth-order valence-electron chi connectivity index (χ4n) is 4.85. The molecule has 1 aliphatic heterocycles. The van der Waals surface area contributed by atoms with Gasteiger partial charge in [-0.1, -0.05) is 39.2 Å². The van der Waals surface area contributed by atoms with Gasteiger partial charge in [-0.25, -0.2) is 0 Å². The molecule has 2 amide bonds. The van der Waals surface area contributed by atoms with Crippen LogP contribution in [0.1, 0.15) is 77.8 Å². The molecular weight excluding hydrogens is 555 g/mol. The fraction of sp³-hybridized carbons (Fsp3) is 0.440. The van der Waals surface area contributed by atoms with Crippen LogP contribution in [0.15, 0.2) is 33.2 Å². The van der Waals surface area contributed by atoms with Crippen LogP contribution in [0.4, 0.5) is 24.5 Å². The Morgan fingerprint density at radius 1 is 1.11 bits per heavy atom. The van der Waals surface area contributed by atoms with Gasteiger partial charge in [0.15, 0.2) is 5.69 Å². The summed E-state index contributed by atoms with van der Waals surface area (Å²) in [5.74, 6) is -2.49. The molecule has 1 aromatic heterocycles. The number of nitriles is 1. The predicted octanol–water partition coefficient (Wildman–Crippen LogP) is 5.44. The molecule has 0 saturated heterocycles. The smallest absolute Gasteiger partial charge is 0.493 e. The first kappa shape index (κ1) is 29.1. The molecular formula is C25H24CuF3N5O4+2. The number of alkyl halides is 3. The number of aromatic hydroxyl groups is 1. The summed E-state index contributed by atoms with van der Waals surface area (Å²) in [6.45, 7) is 3.17. The Morgan fingerprint density at radius 3 is 2.34 bits per heavy atom. The third-order valence-electron chi connectivity index (χ3n) is 6.48. The molecule has 0 atom stereocenters. The molecule has 9 nitrogen and oxygen atoms in total. The maximum absolute atomic E-state index is 13.9. The fourth-order valence-corrected chi connectivity index (χ4v) is 4.85. The van der Waals surface area contributed by atoms with Gasteiger partial charge in [0.2, 0.25) is 5.88 Å². The Kier molecular flexibility index (Phi) is 8.48. The number of pyridine rings is 1. The molecule has 1 radical (unpaired) electrons. The van der Waals surface area contributed by atoms with Gasteiger partial charge in [-0.2, -0.15) is 18.4 Å². The summed E-state index contributed by atoms with van der Waals surface area (Å²) in [5.41, 5.74) is -5.58. The molecule has 1 fully saturated rings. The second-order valence-corrected chi connectivity index (χ2v) is 9.51. The number of azo groups is 1. The van der Waals surface area contributed by atoms with Crippen molar-refractivity contribution in [2.24, 2.45) is 16.1 Å². The number of carbonyl (C=O) groups is 2. The second kappa shape index (κ2) is 11.1. The number of hydrogen-bond donors (Lipinski definition) is 1. The summed E-state index contributed by atoms with van der Waals surface area (Å²) in [6.07, 6.45) is -1.14. The topological polar surface area (TPSA) is 128 Å². The van der Waals surface area contributed by atoms with Crippen LogP contribution in [0.2, 0.25) is 0 Å². The van der Waals surface area contributed by atoms with Crippen molar-refractivity contribution < 1.29 is 44.9 Å². The molecule has 4 rings (SSSR count). The summed E-state index contributed by atoms with van der Waals surface area (Å²) in [6, 6.07) is 5.19. The third kappa shape index (κ3) is 5.11. The van der Waals surface area contributed by atoms with Gasteiger partial charge >= 0.3 is 23.2 Å². The van der Waals surface area contributed by atoms with Crippen molar-refractivity contribution in [2.45, 2.75) is 64.7 Å². The molecule has 203 valence electrons. The monoisotopic (exact) mass is 578 g/mol. The molecule has 1 aromatic carbocycles. The van der Waals surface area contributed by atoms with Gasteiger partial charge in [-0.3, -0.25) is 23.9 Å². The van der Waals surface area contributed by atoms with E-state index in [2.05, 4.69) is 10.2 Å². The van der Waals surface area contributed by atoms with Gasteiger partial charge < -0.3 is 5.11 Å². The summed E-state index contributed by atoms with van der Waals surface area (Å²) < 4.78 is 42.5. The van der Waals surface area contributed by atoms with Gasteiger partial charge in [-0.15, -0.1) is 10.2 Å². The number of fused-ring (bicyclic) bond motifs is 1. The zero-order chi connectivity index (χ0) is 27.1. The third-order valence-corrected chi connectivity index (χ3v) is 6.48. The molecule has 0 bridgehead atoms. The van der Waals surface area contributed by atoms with E-state index in [9.17, 15) is 37.9 Å².